The smallest absolute Gasteiger partial charge is 0.253 e. The normalized spacial score (nSPS) is 19.3. The lowest BCUT2D eigenvalue weighted by atomic mass is 9.81. The van der Waals surface area contributed by atoms with Gasteiger partial charge in [0.25, 0.3) is 11.8 Å². The van der Waals surface area contributed by atoms with E-state index in [1.807, 2.05) is 48.5 Å². The molecule has 0 radical (unpaired) electrons. The fourth-order valence-electron chi connectivity index (χ4n) is 4.97. The molecule has 1 aliphatic carbocycles. The summed E-state index contributed by atoms with van der Waals surface area (Å²) in [5, 5.41) is 3.10. The summed E-state index contributed by atoms with van der Waals surface area (Å²) < 4.78 is 0. The van der Waals surface area contributed by atoms with Gasteiger partial charge in [-0.2, -0.15) is 0 Å². The number of pyridine rings is 3. The summed E-state index contributed by atoms with van der Waals surface area (Å²) in [5.41, 5.74) is 4.17. The molecule has 1 N–H and O–H groups in total. The van der Waals surface area contributed by atoms with Crippen LogP contribution >= 0.6 is 0 Å². The van der Waals surface area contributed by atoms with Gasteiger partial charge in [0.15, 0.2) is 0 Å². The van der Waals surface area contributed by atoms with Crippen LogP contribution in [0.4, 0.5) is 0 Å². The van der Waals surface area contributed by atoms with Gasteiger partial charge in [0.2, 0.25) is 5.91 Å². The molecule has 5 rings (SSSR count). The summed E-state index contributed by atoms with van der Waals surface area (Å²) in [6.45, 7) is 0.965. The molecule has 3 amide bonds. The second-order valence-electron chi connectivity index (χ2n) is 9.55. The highest BCUT2D eigenvalue weighted by Gasteiger charge is 2.31. The molecule has 4 heterocycles. The molecule has 188 valence electrons. The molecule has 3 aromatic heterocycles. The number of nitrogens with one attached hydrogen (secondary N) is 1. The van der Waals surface area contributed by atoms with Crippen molar-refractivity contribution in [3.63, 3.8) is 0 Å². The third-order valence-corrected chi connectivity index (χ3v) is 7.01. The van der Waals surface area contributed by atoms with Crippen LogP contribution in [-0.4, -0.2) is 50.7 Å². The van der Waals surface area contributed by atoms with Crippen LogP contribution in [0.3, 0.4) is 0 Å². The summed E-state index contributed by atoms with van der Waals surface area (Å²) in [6.07, 6.45) is 10.0. The highest BCUT2D eigenvalue weighted by atomic mass is 16.2. The Balaban J connectivity index is 1.17. The molecule has 0 spiro atoms. The van der Waals surface area contributed by atoms with Crippen LogP contribution in [0.5, 0.6) is 0 Å². The third kappa shape index (κ3) is 5.97. The average Bonchev–Trinajstić information content (AvgIpc) is 3.26. The van der Waals surface area contributed by atoms with Gasteiger partial charge in [0, 0.05) is 43.6 Å². The number of hydrogen-bond donors (Lipinski definition) is 1. The van der Waals surface area contributed by atoms with Crippen LogP contribution in [0.25, 0.3) is 22.8 Å². The zero-order valence-corrected chi connectivity index (χ0v) is 20.5. The third-order valence-electron chi connectivity index (χ3n) is 7.01. The van der Waals surface area contributed by atoms with Gasteiger partial charge in [-0.1, -0.05) is 12.1 Å². The van der Waals surface area contributed by atoms with Crippen molar-refractivity contribution in [2.24, 2.45) is 11.8 Å². The number of amides is 3. The molecule has 0 saturated heterocycles. The number of carbonyl (C=O) groups excluding carboxylic acids is 3. The van der Waals surface area contributed by atoms with E-state index in [0.29, 0.717) is 19.5 Å². The van der Waals surface area contributed by atoms with E-state index in [4.69, 9.17) is 4.98 Å². The molecule has 0 aromatic carbocycles. The van der Waals surface area contributed by atoms with E-state index < -0.39 is 0 Å². The topological polar surface area (TPSA) is 105 Å². The molecule has 8 nitrogen and oxygen atoms in total. The fraction of sp³-hybridized carbons (Fsp3) is 0.310. The van der Waals surface area contributed by atoms with Gasteiger partial charge in [-0.25, -0.2) is 4.98 Å². The maximum atomic E-state index is 12.8. The van der Waals surface area contributed by atoms with Crippen molar-refractivity contribution in [1.82, 2.24) is 25.2 Å². The lowest BCUT2D eigenvalue weighted by Gasteiger charge is -2.30. The number of imide groups is 1. The zero-order chi connectivity index (χ0) is 25.6. The Morgan fingerprint density at radius 3 is 1.97 bits per heavy atom. The Bertz CT molecular complexity index is 1230. The zero-order valence-electron chi connectivity index (χ0n) is 20.5. The quantitative estimate of drug-likeness (QED) is 0.479. The highest BCUT2D eigenvalue weighted by molar-refractivity contribution is 6.12. The molecule has 0 unspecified atom stereocenters. The first-order valence-electron chi connectivity index (χ1n) is 12.7. The number of rotatable bonds is 8. The Morgan fingerprint density at radius 2 is 1.43 bits per heavy atom. The molecule has 1 saturated carbocycles. The summed E-state index contributed by atoms with van der Waals surface area (Å²) in [6, 6.07) is 15.5. The van der Waals surface area contributed by atoms with Crippen LogP contribution in [0, 0.1) is 11.8 Å². The molecule has 1 aliphatic heterocycles. The number of hydrogen-bond acceptors (Lipinski definition) is 6. The molecule has 37 heavy (non-hydrogen) atoms. The lowest BCUT2D eigenvalue weighted by Crippen LogP contribution is -2.38. The largest absolute Gasteiger partial charge is 0.356 e. The van der Waals surface area contributed by atoms with Gasteiger partial charge >= 0.3 is 0 Å². The van der Waals surface area contributed by atoms with Gasteiger partial charge in [0.1, 0.15) is 0 Å². The van der Waals surface area contributed by atoms with E-state index in [-0.39, 0.29) is 29.6 Å². The second-order valence-corrected chi connectivity index (χ2v) is 9.55. The van der Waals surface area contributed by atoms with Gasteiger partial charge in [-0.3, -0.25) is 29.3 Å². The molecule has 2 aliphatic rings. The van der Waals surface area contributed by atoms with E-state index in [9.17, 15) is 14.4 Å². The van der Waals surface area contributed by atoms with Crippen LogP contribution in [0.2, 0.25) is 0 Å². The van der Waals surface area contributed by atoms with Crippen molar-refractivity contribution in [3.05, 3.63) is 78.6 Å². The van der Waals surface area contributed by atoms with Gasteiger partial charge in [-0.05, 0) is 80.0 Å². The lowest BCUT2D eigenvalue weighted by molar-refractivity contribution is -0.138. The molecular weight excluding hydrogens is 466 g/mol. The first-order valence-corrected chi connectivity index (χ1v) is 12.7. The van der Waals surface area contributed by atoms with E-state index >= 15 is 0 Å². The molecule has 0 bridgehead atoms. The van der Waals surface area contributed by atoms with Crippen molar-refractivity contribution in [3.8, 4) is 22.8 Å². The van der Waals surface area contributed by atoms with Crippen molar-refractivity contribution < 1.29 is 14.4 Å². The van der Waals surface area contributed by atoms with E-state index in [1.54, 1.807) is 12.4 Å². The minimum absolute atomic E-state index is 0.0371. The number of aromatic nitrogens is 3. The maximum absolute atomic E-state index is 12.8. The minimum Gasteiger partial charge on any atom is -0.356 e. The van der Waals surface area contributed by atoms with E-state index in [1.165, 1.54) is 17.1 Å². The van der Waals surface area contributed by atoms with Crippen LogP contribution in [-0.2, 0) is 20.8 Å². The highest BCUT2D eigenvalue weighted by Crippen LogP contribution is 2.30. The van der Waals surface area contributed by atoms with E-state index in [0.717, 1.165) is 54.0 Å². The predicted octanol–water partition coefficient (Wildman–Crippen LogP) is 3.60. The van der Waals surface area contributed by atoms with Gasteiger partial charge < -0.3 is 5.32 Å². The summed E-state index contributed by atoms with van der Waals surface area (Å²) in [7, 11) is 0. The molecule has 3 aromatic rings. The maximum Gasteiger partial charge on any atom is 0.253 e. The van der Waals surface area contributed by atoms with Gasteiger partial charge in [-0.15, -0.1) is 0 Å². The average molecular weight is 496 g/mol. The summed E-state index contributed by atoms with van der Waals surface area (Å²) in [5.74, 6) is -0.192. The van der Waals surface area contributed by atoms with Crippen molar-refractivity contribution in [2.45, 2.75) is 32.1 Å². The first kappa shape index (κ1) is 24.5. The monoisotopic (exact) mass is 495 g/mol. The van der Waals surface area contributed by atoms with Gasteiger partial charge in [0.05, 0.1) is 22.8 Å². The molecular formula is C29H29N5O3. The number of carbonyl (C=O) groups is 3. The molecule has 0 atom stereocenters. The number of nitrogens with zero attached hydrogens (tertiary/aromatic N) is 4. The molecule has 1 fully saturated rings. The van der Waals surface area contributed by atoms with E-state index in [2.05, 4.69) is 15.3 Å². The molecule has 8 heteroatoms. The van der Waals surface area contributed by atoms with Crippen LogP contribution < -0.4 is 5.32 Å². The predicted molar refractivity (Wildman–Crippen MR) is 139 cm³/mol. The van der Waals surface area contributed by atoms with Crippen LogP contribution in [0.1, 0.15) is 31.2 Å². The van der Waals surface area contributed by atoms with Crippen molar-refractivity contribution in [1.29, 1.82) is 0 Å². The van der Waals surface area contributed by atoms with Crippen LogP contribution in [0.15, 0.2) is 73.1 Å². The Labute approximate surface area is 215 Å². The van der Waals surface area contributed by atoms with Crippen molar-refractivity contribution in [2.75, 3.05) is 13.1 Å². The second kappa shape index (κ2) is 11.2. The standard InChI is InChI=1S/C29H29N5O3/c35-27-11-12-28(36)34(27)19-20-7-9-22(10-8-20)29(37)32-16-13-21-17-25(23-5-1-3-14-30-23)33-26(18-21)24-6-2-4-15-31-24/h1-6,11-12,14-15,17-18,20,22H,7-10,13,16,19H2,(H,32,37). The SMILES string of the molecule is O=C(NCCc1cc(-c2ccccn2)nc(-c2ccccn2)c1)C1CCC(CN2C(=O)C=CC2=O)CC1. The summed E-state index contributed by atoms with van der Waals surface area (Å²) >= 11 is 0. The van der Waals surface area contributed by atoms with Crippen molar-refractivity contribution >= 4 is 17.7 Å². The Hall–Kier alpha value is -4.20. The minimum atomic E-state index is -0.238. The first-order chi connectivity index (χ1) is 18.1. The fourth-order valence-corrected chi connectivity index (χ4v) is 4.97. The Kier molecular flexibility index (Phi) is 7.44. The summed E-state index contributed by atoms with van der Waals surface area (Å²) in [4.78, 5) is 51.4. The Morgan fingerprint density at radius 1 is 0.838 bits per heavy atom.